The van der Waals surface area contributed by atoms with Crippen molar-refractivity contribution >= 4 is 11.9 Å². The molecule has 0 radical (unpaired) electrons. The number of rotatable bonds is 3. The quantitative estimate of drug-likeness (QED) is 0.904. The van der Waals surface area contributed by atoms with Crippen molar-refractivity contribution in [3.05, 3.63) is 34.4 Å². The number of amides is 1. The van der Waals surface area contributed by atoms with E-state index in [9.17, 15) is 13.6 Å². The molecule has 2 N–H and O–H groups in total. The number of nitrogens with one attached hydrogen (secondary N) is 2. The molecule has 2 aromatic heterocycles. The predicted molar refractivity (Wildman–Crippen MR) is 67.7 cm³/mol. The van der Waals surface area contributed by atoms with Crippen molar-refractivity contribution in [1.29, 1.82) is 0 Å². The highest BCUT2D eigenvalue weighted by atomic mass is 19.3. The molecule has 2 rings (SSSR count). The number of anilines is 1. The van der Waals surface area contributed by atoms with Crippen LogP contribution in [0.25, 0.3) is 0 Å². The summed E-state index contributed by atoms with van der Waals surface area (Å²) in [6.45, 7) is 5.46. The molecule has 8 heteroatoms. The molecular formula is C12H13F2N5O. The van der Waals surface area contributed by atoms with Crippen LogP contribution in [0.4, 0.5) is 14.7 Å². The van der Waals surface area contributed by atoms with Crippen molar-refractivity contribution in [1.82, 2.24) is 20.2 Å². The fourth-order valence-electron chi connectivity index (χ4n) is 1.56. The second-order valence-corrected chi connectivity index (χ2v) is 4.31. The van der Waals surface area contributed by atoms with E-state index < -0.39 is 18.0 Å². The highest BCUT2D eigenvalue weighted by molar-refractivity contribution is 6.01. The van der Waals surface area contributed by atoms with E-state index in [4.69, 9.17) is 0 Å². The molecule has 0 fully saturated rings. The molecule has 0 aliphatic heterocycles. The standard InChI is InChI=1S/C12H13F2N5O/c1-5-6(2)15-12(16-7(5)3)17-11(20)9-4-8(10(13)14)18-19-9/h4,10H,1-3H3,(H,18,19)(H,15,16,17,20). The number of aryl methyl sites for hydroxylation is 2. The number of alkyl halides is 2. The van der Waals surface area contributed by atoms with Crippen LogP contribution in [-0.2, 0) is 0 Å². The lowest BCUT2D eigenvalue weighted by Gasteiger charge is -2.07. The van der Waals surface area contributed by atoms with Crippen LogP contribution < -0.4 is 5.32 Å². The smallest absolute Gasteiger partial charge is 0.279 e. The highest BCUT2D eigenvalue weighted by Crippen LogP contribution is 2.17. The van der Waals surface area contributed by atoms with Gasteiger partial charge in [0.1, 0.15) is 5.69 Å². The second-order valence-electron chi connectivity index (χ2n) is 4.31. The molecule has 2 aromatic rings. The number of H-pyrrole nitrogens is 1. The van der Waals surface area contributed by atoms with Gasteiger partial charge in [0.15, 0.2) is 5.69 Å². The maximum Gasteiger partial charge on any atom is 0.279 e. The zero-order chi connectivity index (χ0) is 14.9. The van der Waals surface area contributed by atoms with Gasteiger partial charge >= 0.3 is 0 Å². The average Bonchev–Trinajstić information content (AvgIpc) is 2.85. The zero-order valence-electron chi connectivity index (χ0n) is 11.2. The Bertz CT molecular complexity index is 630. The van der Waals surface area contributed by atoms with Gasteiger partial charge in [-0.3, -0.25) is 15.2 Å². The van der Waals surface area contributed by atoms with Gasteiger partial charge in [-0.2, -0.15) is 5.10 Å². The maximum atomic E-state index is 12.4. The summed E-state index contributed by atoms with van der Waals surface area (Å²) in [5.41, 5.74) is 1.86. The van der Waals surface area contributed by atoms with E-state index >= 15 is 0 Å². The van der Waals surface area contributed by atoms with Gasteiger partial charge in [-0.25, -0.2) is 18.7 Å². The summed E-state index contributed by atoms with van der Waals surface area (Å²) < 4.78 is 24.8. The third-order valence-corrected chi connectivity index (χ3v) is 2.92. The lowest BCUT2D eigenvalue weighted by atomic mass is 10.2. The van der Waals surface area contributed by atoms with Crippen LogP contribution in [0.5, 0.6) is 0 Å². The first-order valence-corrected chi connectivity index (χ1v) is 5.85. The average molecular weight is 281 g/mol. The molecule has 0 aliphatic carbocycles. The molecule has 106 valence electrons. The van der Waals surface area contributed by atoms with Crippen LogP contribution in [0.15, 0.2) is 6.07 Å². The van der Waals surface area contributed by atoms with E-state index in [0.29, 0.717) is 0 Å². The van der Waals surface area contributed by atoms with Gasteiger partial charge < -0.3 is 0 Å². The molecule has 0 saturated heterocycles. The van der Waals surface area contributed by atoms with Gasteiger partial charge in [-0.1, -0.05) is 0 Å². The number of halogens is 2. The van der Waals surface area contributed by atoms with Gasteiger partial charge in [-0.15, -0.1) is 0 Å². The number of carbonyl (C=O) groups is 1. The van der Waals surface area contributed by atoms with Crippen LogP contribution in [0.2, 0.25) is 0 Å². The third kappa shape index (κ3) is 2.79. The Labute approximate surface area is 113 Å². The molecule has 20 heavy (non-hydrogen) atoms. The molecule has 0 unspecified atom stereocenters. The Morgan fingerprint density at radius 3 is 2.35 bits per heavy atom. The third-order valence-electron chi connectivity index (χ3n) is 2.92. The summed E-state index contributed by atoms with van der Waals surface area (Å²) >= 11 is 0. The molecule has 0 aromatic carbocycles. The molecule has 2 heterocycles. The molecule has 1 amide bonds. The maximum absolute atomic E-state index is 12.4. The molecule has 0 spiro atoms. The molecule has 0 saturated carbocycles. The van der Waals surface area contributed by atoms with E-state index in [-0.39, 0.29) is 11.6 Å². The second kappa shape index (κ2) is 5.32. The van der Waals surface area contributed by atoms with E-state index in [1.807, 2.05) is 6.92 Å². The Balaban J connectivity index is 2.19. The Kier molecular flexibility index (Phi) is 3.73. The minimum absolute atomic E-state index is 0.122. The summed E-state index contributed by atoms with van der Waals surface area (Å²) in [4.78, 5) is 20.1. The Hall–Kier alpha value is -2.38. The van der Waals surface area contributed by atoms with E-state index in [0.717, 1.165) is 23.0 Å². The van der Waals surface area contributed by atoms with E-state index in [2.05, 4.69) is 25.5 Å². The number of nitrogens with zero attached hydrogens (tertiary/aromatic N) is 3. The first kappa shape index (κ1) is 14.0. The molecular weight excluding hydrogens is 268 g/mol. The van der Waals surface area contributed by atoms with Gasteiger partial charge in [0, 0.05) is 11.4 Å². The van der Waals surface area contributed by atoms with Crippen molar-refractivity contribution < 1.29 is 13.6 Å². The molecule has 0 aliphatic rings. The first-order valence-electron chi connectivity index (χ1n) is 5.85. The van der Waals surface area contributed by atoms with Crippen molar-refractivity contribution in [3.63, 3.8) is 0 Å². The summed E-state index contributed by atoms with van der Waals surface area (Å²) in [6.07, 6.45) is -2.70. The van der Waals surface area contributed by atoms with Crippen molar-refractivity contribution in [2.75, 3.05) is 5.32 Å². The molecule has 0 bridgehead atoms. The number of hydrogen-bond acceptors (Lipinski definition) is 4. The Morgan fingerprint density at radius 2 is 1.85 bits per heavy atom. The minimum Gasteiger partial charge on any atom is -0.289 e. The molecule has 0 atom stereocenters. The summed E-state index contributed by atoms with van der Waals surface area (Å²) in [5.74, 6) is -0.520. The van der Waals surface area contributed by atoms with Crippen LogP contribution in [-0.4, -0.2) is 26.1 Å². The van der Waals surface area contributed by atoms with Gasteiger partial charge in [0.25, 0.3) is 12.3 Å². The molecule has 6 nitrogen and oxygen atoms in total. The topological polar surface area (TPSA) is 83.6 Å². The predicted octanol–water partition coefficient (Wildman–Crippen LogP) is 2.31. The van der Waals surface area contributed by atoms with Crippen LogP contribution in [0.1, 0.15) is 39.6 Å². The summed E-state index contributed by atoms with van der Waals surface area (Å²) in [7, 11) is 0. The number of carbonyl (C=O) groups excluding carboxylic acids is 1. The number of aromatic nitrogens is 4. The van der Waals surface area contributed by atoms with Crippen molar-refractivity contribution in [2.45, 2.75) is 27.2 Å². The fraction of sp³-hybridized carbons (Fsp3) is 0.333. The fourth-order valence-corrected chi connectivity index (χ4v) is 1.56. The van der Waals surface area contributed by atoms with Gasteiger partial charge in [0.05, 0.1) is 0 Å². The van der Waals surface area contributed by atoms with Gasteiger partial charge in [-0.05, 0) is 32.4 Å². The monoisotopic (exact) mass is 281 g/mol. The van der Waals surface area contributed by atoms with Crippen molar-refractivity contribution in [3.8, 4) is 0 Å². The first-order chi connectivity index (χ1) is 9.38. The number of aromatic amines is 1. The van der Waals surface area contributed by atoms with Crippen LogP contribution in [0, 0.1) is 20.8 Å². The summed E-state index contributed by atoms with van der Waals surface area (Å²) in [5, 5.41) is 8.06. The Morgan fingerprint density at radius 1 is 1.25 bits per heavy atom. The van der Waals surface area contributed by atoms with E-state index in [1.165, 1.54) is 0 Å². The van der Waals surface area contributed by atoms with Crippen LogP contribution in [0.3, 0.4) is 0 Å². The number of hydrogen-bond donors (Lipinski definition) is 2. The highest BCUT2D eigenvalue weighted by Gasteiger charge is 2.17. The normalized spacial score (nSPS) is 10.9. The lowest BCUT2D eigenvalue weighted by Crippen LogP contribution is -2.16. The largest absolute Gasteiger partial charge is 0.289 e. The van der Waals surface area contributed by atoms with Gasteiger partial charge in [0.2, 0.25) is 5.95 Å². The minimum atomic E-state index is -2.70. The zero-order valence-corrected chi connectivity index (χ0v) is 11.2. The van der Waals surface area contributed by atoms with E-state index in [1.54, 1.807) is 13.8 Å². The lowest BCUT2D eigenvalue weighted by molar-refractivity contribution is 0.102. The SMILES string of the molecule is Cc1nc(NC(=O)c2cc(C(F)F)[nH]n2)nc(C)c1C. The summed E-state index contributed by atoms with van der Waals surface area (Å²) in [6, 6.07) is 0.994. The van der Waals surface area contributed by atoms with Crippen LogP contribution >= 0.6 is 0 Å². The van der Waals surface area contributed by atoms with Crippen molar-refractivity contribution in [2.24, 2.45) is 0 Å².